The first-order valence-electron chi connectivity index (χ1n) is 11.3. The first kappa shape index (κ1) is 22.4. The molecule has 6 rings (SSSR count). The number of aryl methyl sites for hydroxylation is 1. The van der Waals surface area contributed by atoms with Crippen molar-refractivity contribution in [3.63, 3.8) is 0 Å². The number of nitrogens with zero attached hydrogens (tertiary/aromatic N) is 2. The van der Waals surface area contributed by atoms with Crippen molar-refractivity contribution >= 4 is 46.3 Å². The minimum Gasteiger partial charge on any atom is -0.497 e. The highest BCUT2D eigenvalue weighted by atomic mass is 35.5. The molecule has 0 unspecified atom stereocenters. The number of allylic oxidation sites excluding steroid dienone is 1. The molecule has 1 aliphatic carbocycles. The van der Waals surface area contributed by atoms with Gasteiger partial charge in [0.25, 0.3) is 5.56 Å². The zero-order valence-electron chi connectivity index (χ0n) is 18.8. The Morgan fingerprint density at radius 2 is 1.89 bits per heavy atom. The maximum Gasteiger partial charge on any atom is 0.271 e. The van der Waals surface area contributed by atoms with Crippen LogP contribution in [0.1, 0.15) is 34.7 Å². The predicted octanol–water partition coefficient (Wildman–Crippen LogP) is 5.63. The van der Waals surface area contributed by atoms with Crippen molar-refractivity contribution in [1.82, 2.24) is 4.57 Å². The third kappa shape index (κ3) is 3.75. The normalized spacial score (nSPS) is 16.9. The Labute approximate surface area is 216 Å². The van der Waals surface area contributed by atoms with Gasteiger partial charge in [0.15, 0.2) is 4.80 Å². The van der Waals surface area contributed by atoms with Gasteiger partial charge in [0.05, 0.1) is 33.4 Å². The Balaban J connectivity index is 1.64. The number of aromatic nitrogens is 1. The molecule has 7 heteroatoms. The van der Waals surface area contributed by atoms with Gasteiger partial charge in [0.1, 0.15) is 5.75 Å². The molecular weight excluding hydrogens is 499 g/mol. The van der Waals surface area contributed by atoms with E-state index in [-0.39, 0.29) is 11.6 Å². The van der Waals surface area contributed by atoms with E-state index in [0.717, 1.165) is 41.0 Å². The second kappa shape index (κ2) is 8.83. The number of benzene rings is 3. The van der Waals surface area contributed by atoms with Gasteiger partial charge in [0, 0.05) is 5.56 Å². The van der Waals surface area contributed by atoms with Gasteiger partial charge in [-0.05, 0) is 59.4 Å². The van der Waals surface area contributed by atoms with E-state index in [1.165, 1.54) is 16.9 Å². The van der Waals surface area contributed by atoms with Crippen LogP contribution in [-0.2, 0) is 6.42 Å². The summed E-state index contributed by atoms with van der Waals surface area (Å²) in [6.45, 7) is 0. The highest BCUT2D eigenvalue weighted by Gasteiger charge is 2.32. The lowest BCUT2D eigenvalue weighted by molar-refractivity contribution is 0.413. The molecule has 1 aromatic heterocycles. The molecule has 35 heavy (non-hydrogen) atoms. The molecule has 2 aliphatic rings. The molecule has 3 aromatic carbocycles. The lowest BCUT2D eigenvalue weighted by Crippen LogP contribution is -2.38. The Morgan fingerprint density at radius 1 is 1.06 bits per heavy atom. The number of fused-ring (bicyclic) bond motifs is 3. The maximum absolute atomic E-state index is 13.8. The Morgan fingerprint density at radius 3 is 2.74 bits per heavy atom. The zero-order valence-corrected chi connectivity index (χ0v) is 21.1. The highest BCUT2D eigenvalue weighted by Crippen LogP contribution is 2.41. The smallest absolute Gasteiger partial charge is 0.271 e. The monoisotopic (exact) mass is 518 g/mol. The molecule has 0 saturated carbocycles. The summed E-state index contributed by atoms with van der Waals surface area (Å²) >= 11 is 14.0. The summed E-state index contributed by atoms with van der Waals surface area (Å²) in [5, 5.41) is 0.882. The number of thiazole rings is 1. The lowest BCUT2D eigenvalue weighted by Gasteiger charge is -2.31. The molecule has 0 fully saturated rings. The van der Waals surface area contributed by atoms with Crippen LogP contribution in [0, 0.1) is 0 Å². The van der Waals surface area contributed by atoms with Crippen LogP contribution < -0.4 is 19.6 Å². The molecule has 0 spiro atoms. The summed E-state index contributed by atoms with van der Waals surface area (Å²) < 4.78 is 7.89. The largest absolute Gasteiger partial charge is 0.497 e. The molecule has 0 bridgehead atoms. The number of ether oxygens (including phenoxy) is 1. The highest BCUT2D eigenvalue weighted by molar-refractivity contribution is 7.07. The van der Waals surface area contributed by atoms with E-state index in [0.29, 0.717) is 24.9 Å². The topological polar surface area (TPSA) is 43.6 Å². The average Bonchev–Trinajstić information content (AvgIpc) is 3.20. The minimum absolute atomic E-state index is 0.0944. The second-order valence-corrected chi connectivity index (χ2v) is 10.3. The SMILES string of the molecule is COc1cccc([C@H]2C3=C(N=c4s/c(=C/c5cccc(Cl)c5Cl)c(=O)n42)c2ccccc2CC3)c1. The van der Waals surface area contributed by atoms with Crippen LogP contribution in [0.15, 0.2) is 82.1 Å². The lowest BCUT2D eigenvalue weighted by atomic mass is 9.83. The van der Waals surface area contributed by atoms with Crippen molar-refractivity contribution < 1.29 is 4.74 Å². The van der Waals surface area contributed by atoms with Gasteiger partial charge in [0.2, 0.25) is 0 Å². The maximum atomic E-state index is 13.8. The van der Waals surface area contributed by atoms with E-state index < -0.39 is 0 Å². The zero-order chi connectivity index (χ0) is 24.1. The minimum atomic E-state index is -0.262. The number of methoxy groups -OCH3 is 1. The molecule has 0 radical (unpaired) electrons. The molecule has 4 aromatic rings. The third-order valence-corrected chi connectivity index (χ3v) is 8.37. The summed E-state index contributed by atoms with van der Waals surface area (Å²) in [4.78, 5) is 19.5. The Hall–Kier alpha value is -3.12. The number of halogens is 2. The Bertz CT molecular complexity index is 1700. The fourth-order valence-corrected chi connectivity index (χ4v) is 6.26. The van der Waals surface area contributed by atoms with Crippen molar-refractivity contribution in [1.29, 1.82) is 0 Å². The van der Waals surface area contributed by atoms with E-state index >= 15 is 0 Å². The van der Waals surface area contributed by atoms with Gasteiger partial charge in [-0.1, -0.05) is 83.1 Å². The van der Waals surface area contributed by atoms with Crippen LogP contribution in [0.25, 0.3) is 11.8 Å². The molecule has 1 atom stereocenters. The summed E-state index contributed by atoms with van der Waals surface area (Å²) in [5.74, 6) is 0.755. The average molecular weight is 519 g/mol. The molecule has 4 nitrogen and oxygen atoms in total. The van der Waals surface area contributed by atoms with Crippen molar-refractivity contribution in [2.45, 2.75) is 18.9 Å². The van der Waals surface area contributed by atoms with E-state index in [2.05, 4.69) is 24.3 Å². The summed E-state index contributed by atoms with van der Waals surface area (Å²) in [7, 11) is 1.65. The summed E-state index contributed by atoms with van der Waals surface area (Å²) in [5.41, 5.74) is 6.14. The number of rotatable bonds is 3. The van der Waals surface area contributed by atoms with Crippen LogP contribution in [0.3, 0.4) is 0 Å². The van der Waals surface area contributed by atoms with Gasteiger partial charge in [-0.15, -0.1) is 0 Å². The molecular formula is C28H20Cl2N2O2S. The second-order valence-electron chi connectivity index (χ2n) is 8.53. The van der Waals surface area contributed by atoms with Gasteiger partial charge in [-0.2, -0.15) is 0 Å². The first-order valence-corrected chi connectivity index (χ1v) is 12.8. The van der Waals surface area contributed by atoms with Crippen molar-refractivity contribution in [2.24, 2.45) is 4.99 Å². The van der Waals surface area contributed by atoms with E-state index in [1.54, 1.807) is 19.3 Å². The molecule has 2 heterocycles. The fraction of sp³-hybridized carbons (Fsp3) is 0.143. The van der Waals surface area contributed by atoms with Gasteiger partial charge < -0.3 is 4.74 Å². The quantitative estimate of drug-likeness (QED) is 0.352. The van der Waals surface area contributed by atoms with Crippen molar-refractivity contribution in [2.75, 3.05) is 7.11 Å². The van der Waals surface area contributed by atoms with Crippen molar-refractivity contribution in [3.8, 4) is 5.75 Å². The summed E-state index contributed by atoms with van der Waals surface area (Å²) in [6, 6.07) is 21.5. The molecule has 0 amide bonds. The van der Waals surface area contributed by atoms with Gasteiger partial charge >= 0.3 is 0 Å². The van der Waals surface area contributed by atoms with Gasteiger partial charge in [-0.25, -0.2) is 4.99 Å². The molecule has 0 saturated heterocycles. The molecule has 1 aliphatic heterocycles. The van der Waals surface area contributed by atoms with Gasteiger partial charge in [-0.3, -0.25) is 9.36 Å². The van der Waals surface area contributed by atoms with Crippen LogP contribution in [0.4, 0.5) is 0 Å². The first-order chi connectivity index (χ1) is 17.0. The fourth-order valence-electron chi connectivity index (χ4n) is 4.91. The third-order valence-electron chi connectivity index (χ3n) is 6.55. The van der Waals surface area contributed by atoms with Crippen LogP contribution in [-0.4, -0.2) is 11.7 Å². The predicted molar refractivity (Wildman–Crippen MR) is 142 cm³/mol. The Kier molecular flexibility index (Phi) is 5.64. The van der Waals surface area contributed by atoms with E-state index in [1.807, 2.05) is 41.0 Å². The van der Waals surface area contributed by atoms with E-state index in [4.69, 9.17) is 32.9 Å². The van der Waals surface area contributed by atoms with Crippen molar-refractivity contribution in [3.05, 3.63) is 124 Å². The van der Waals surface area contributed by atoms with Crippen LogP contribution >= 0.6 is 34.5 Å². The number of hydrogen-bond donors (Lipinski definition) is 0. The van der Waals surface area contributed by atoms with Crippen LogP contribution in [0.2, 0.25) is 10.0 Å². The van der Waals surface area contributed by atoms with E-state index in [9.17, 15) is 4.79 Å². The molecule has 0 N–H and O–H groups in total. The summed E-state index contributed by atoms with van der Waals surface area (Å²) in [6.07, 6.45) is 3.55. The molecule has 174 valence electrons. The van der Waals surface area contributed by atoms with Crippen LogP contribution in [0.5, 0.6) is 5.75 Å². The number of hydrogen-bond acceptors (Lipinski definition) is 4. The standard InChI is InChI=1S/C28H20Cl2N2O2S/c1-34-19-9-4-8-18(14-19)26-21-13-12-16-6-2-3-10-20(16)25(21)31-28-32(26)27(33)23(35-28)15-17-7-5-11-22(29)24(17)30/h2-11,14-15,26H,12-13H2,1H3/b23-15+/t26-/m0/s1.